The van der Waals surface area contributed by atoms with Crippen LogP contribution in [-0.4, -0.2) is 17.7 Å². The minimum absolute atomic E-state index is 0.0693. The molecule has 1 aliphatic heterocycles. The zero-order valence-electron chi connectivity index (χ0n) is 11.2. The van der Waals surface area contributed by atoms with Gasteiger partial charge in [-0.1, -0.05) is 25.8 Å². The van der Waals surface area contributed by atoms with Crippen LogP contribution in [0.5, 0.6) is 0 Å². The molecule has 2 aliphatic rings. The van der Waals surface area contributed by atoms with Crippen molar-refractivity contribution >= 4 is 23.4 Å². The van der Waals surface area contributed by atoms with E-state index >= 15 is 0 Å². The van der Waals surface area contributed by atoms with Crippen molar-refractivity contribution in [1.82, 2.24) is 5.32 Å². The number of rotatable bonds is 4. The van der Waals surface area contributed by atoms with Crippen LogP contribution >= 0.6 is 11.8 Å². The molecule has 1 fully saturated rings. The molecule has 0 aromatic heterocycles. The molecule has 1 unspecified atom stereocenters. The highest BCUT2D eigenvalue weighted by atomic mass is 32.2. The van der Waals surface area contributed by atoms with E-state index < -0.39 is 0 Å². The fraction of sp³-hybridized carbons (Fsp3) is 0.533. The Bertz CT molecular complexity index is 483. The lowest BCUT2D eigenvalue weighted by Crippen LogP contribution is -2.27. The third-order valence-electron chi connectivity index (χ3n) is 3.87. The SMILES string of the molecule is CCNC1C(=O)Nc2cc(SC3CCCC3)ccc21. The van der Waals surface area contributed by atoms with Crippen molar-refractivity contribution in [2.24, 2.45) is 0 Å². The van der Waals surface area contributed by atoms with Gasteiger partial charge in [-0.25, -0.2) is 0 Å². The van der Waals surface area contributed by atoms with Gasteiger partial charge in [0.1, 0.15) is 6.04 Å². The summed E-state index contributed by atoms with van der Waals surface area (Å²) in [4.78, 5) is 13.2. The van der Waals surface area contributed by atoms with Gasteiger partial charge in [0.15, 0.2) is 0 Å². The van der Waals surface area contributed by atoms with Crippen LogP contribution in [0.4, 0.5) is 5.69 Å². The topological polar surface area (TPSA) is 41.1 Å². The summed E-state index contributed by atoms with van der Waals surface area (Å²) in [6.07, 6.45) is 5.38. The van der Waals surface area contributed by atoms with Crippen LogP contribution in [0.3, 0.4) is 0 Å². The molecule has 1 atom stereocenters. The molecule has 102 valence electrons. The molecule has 2 N–H and O–H groups in total. The number of nitrogens with one attached hydrogen (secondary N) is 2. The van der Waals surface area contributed by atoms with Crippen LogP contribution in [0.15, 0.2) is 23.1 Å². The van der Waals surface area contributed by atoms with E-state index in [0.29, 0.717) is 0 Å². The smallest absolute Gasteiger partial charge is 0.246 e. The van der Waals surface area contributed by atoms with Crippen molar-refractivity contribution in [2.75, 3.05) is 11.9 Å². The standard InChI is InChI=1S/C15H20N2OS/c1-2-16-14-12-8-7-11(9-13(12)17-15(14)18)19-10-5-3-4-6-10/h7-10,14,16H,2-6H2,1H3,(H,17,18). The van der Waals surface area contributed by atoms with E-state index in [0.717, 1.165) is 23.0 Å². The van der Waals surface area contributed by atoms with Crippen LogP contribution in [0.2, 0.25) is 0 Å². The highest BCUT2D eigenvalue weighted by molar-refractivity contribution is 8.00. The minimum Gasteiger partial charge on any atom is -0.324 e. The van der Waals surface area contributed by atoms with Gasteiger partial charge in [0.05, 0.1) is 0 Å². The number of anilines is 1. The van der Waals surface area contributed by atoms with E-state index in [2.05, 4.69) is 28.8 Å². The van der Waals surface area contributed by atoms with E-state index in [1.54, 1.807) is 0 Å². The van der Waals surface area contributed by atoms with E-state index in [1.165, 1.54) is 30.6 Å². The summed E-state index contributed by atoms with van der Waals surface area (Å²) in [5, 5.41) is 6.97. The Kier molecular flexibility index (Phi) is 3.80. The number of hydrogen-bond acceptors (Lipinski definition) is 3. The normalized spacial score (nSPS) is 22.6. The molecule has 1 heterocycles. The van der Waals surface area contributed by atoms with Crippen molar-refractivity contribution < 1.29 is 4.79 Å². The number of hydrogen-bond donors (Lipinski definition) is 2. The quantitative estimate of drug-likeness (QED) is 0.886. The molecule has 0 spiro atoms. The van der Waals surface area contributed by atoms with Crippen LogP contribution in [0.1, 0.15) is 44.2 Å². The van der Waals surface area contributed by atoms with Gasteiger partial charge in [0.25, 0.3) is 0 Å². The Labute approximate surface area is 118 Å². The molecular weight excluding hydrogens is 256 g/mol. The van der Waals surface area contributed by atoms with E-state index in [-0.39, 0.29) is 11.9 Å². The lowest BCUT2D eigenvalue weighted by atomic mass is 10.1. The number of thioether (sulfide) groups is 1. The fourth-order valence-electron chi connectivity index (χ4n) is 2.92. The largest absolute Gasteiger partial charge is 0.324 e. The monoisotopic (exact) mass is 276 g/mol. The Hall–Kier alpha value is -1.00. The Balaban J connectivity index is 1.77. The average Bonchev–Trinajstić information content (AvgIpc) is 2.99. The zero-order chi connectivity index (χ0) is 13.2. The maximum Gasteiger partial charge on any atom is 0.246 e. The molecule has 1 amide bonds. The summed E-state index contributed by atoms with van der Waals surface area (Å²) in [5.74, 6) is 0.0693. The maximum atomic E-state index is 11.9. The average molecular weight is 276 g/mol. The highest BCUT2D eigenvalue weighted by Gasteiger charge is 2.30. The summed E-state index contributed by atoms with van der Waals surface area (Å²) in [7, 11) is 0. The molecule has 1 aromatic carbocycles. The zero-order valence-corrected chi connectivity index (χ0v) is 12.1. The number of fused-ring (bicyclic) bond motifs is 1. The third kappa shape index (κ3) is 2.65. The first-order chi connectivity index (χ1) is 9.28. The number of likely N-dealkylation sites (N-methyl/N-ethyl adjacent to an activating group) is 1. The predicted molar refractivity (Wildman–Crippen MR) is 79.6 cm³/mol. The summed E-state index contributed by atoms with van der Waals surface area (Å²) in [5.41, 5.74) is 2.07. The van der Waals surface area contributed by atoms with Crippen LogP contribution in [0.25, 0.3) is 0 Å². The van der Waals surface area contributed by atoms with Gasteiger partial charge in [-0.15, -0.1) is 11.8 Å². The van der Waals surface area contributed by atoms with Gasteiger partial charge < -0.3 is 10.6 Å². The van der Waals surface area contributed by atoms with Crippen LogP contribution < -0.4 is 10.6 Å². The first-order valence-electron chi connectivity index (χ1n) is 7.13. The van der Waals surface area contributed by atoms with Gasteiger partial charge in [0.2, 0.25) is 5.91 Å². The second kappa shape index (κ2) is 5.55. The second-order valence-electron chi connectivity index (χ2n) is 5.25. The molecule has 1 saturated carbocycles. The third-order valence-corrected chi connectivity index (χ3v) is 5.20. The number of amides is 1. The first-order valence-corrected chi connectivity index (χ1v) is 8.00. The van der Waals surface area contributed by atoms with E-state index in [1.807, 2.05) is 18.7 Å². The van der Waals surface area contributed by atoms with Gasteiger partial charge >= 0.3 is 0 Å². The fourth-order valence-corrected chi connectivity index (χ4v) is 4.21. The van der Waals surface area contributed by atoms with E-state index in [4.69, 9.17) is 0 Å². The molecule has 1 aliphatic carbocycles. The van der Waals surface area contributed by atoms with Crippen molar-refractivity contribution in [3.8, 4) is 0 Å². The van der Waals surface area contributed by atoms with Gasteiger partial charge in [0, 0.05) is 21.4 Å². The molecule has 1 aromatic rings. The Morgan fingerprint density at radius 1 is 1.37 bits per heavy atom. The Morgan fingerprint density at radius 3 is 2.89 bits per heavy atom. The van der Waals surface area contributed by atoms with Crippen molar-refractivity contribution in [1.29, 1.82) is 0 Å². The summed E-state index contributed by atoms with van der Waals surface area (Å²) >= 11 is 1.96. The van der Waals surface area contributed by atoms with Crippen molar-refractivity contribution in [3.63, 3.8) is 0 Å². The van der Waals surface area contributed by atoms with Crippen molar-refractivity contribution in [2.45, 2.75) is 48.8 Å². The maximum absolute atomic E-state index is 11.9. The van der Waals surface area contributed by atoms with Gasteiger partial charge in [-0.05, 0) is 31.5 Å². The van der Waals surface area contributed by atoms with Crippen LogP contribution in [0, 0.1) is 0 Å². The molecule has 3 rings (SSSR count). The molecule has 19 heavy (non-hydrogen) atoms. The summed E-state index contributed by atoms with van der Waals surface area (Å²) in [6.45, 7) is 2.83. The minimum atomic E-state index is -0.175. The second-order valence-corrected chi connectivity index (χ2v) is 6.63. The molecule has 4 heteroatoms. The lowest BCUT2D eigenvalue weighted by molar-refractivity contribution is -0.117. The molecule has 3 nitrogen and oxygen atoms in total. The number of carbonyl (C=O) groups excluding carboxylic acids is 1. The Morgan fingerprint density at radius 2 is 2.16 bits per heavy atom. The molecular formula is C15H20N2OS. The lowest BCUT2D eigenvalue weighted by Gasteiger charge is -2.11. The molecule has 0 radical (unpaired) electrons. The van der Waals surface area contributed by atoms with Crippen molar-refractivity contribution in [3.05, 3.63) is 23.8 Å². The van der Waals surface area contributed by atoms with Crippen LogP contribution in [-0.2, 0) is 4.79 Å². The number of benzene rings is 1. The first kappa shape index (κ1) is 13.0. The molecule has 0 saturated heterocycles. The number of carbonyl (C=O) groups is 1. The summed E-state index contributed by atoms with van der Waals surface area (Å²) < 4.78 is 0. The molecule has 0 bridgehead atoms. The van der Waals surface area contributed by atoms with Gasteiger partial charge in [-0.2, -0.15) is 0 Å². The van der Waals surface area contributed by atoms with E-state index in [9.17, 15) is 4.79 Å². The van der Waals surface area contributed by atoms with Gasteiger partial charge in [-0.3, -0.25) is 4.79 Å². The predicted octanol–water partition coefficient (Wildman–Crippen LogP) is 3.32. The summed E-state index contributed by atoms with van der Waals surface area (Å²) in [6, 6.07) is 6.21. The highest BCUT2D eigenvalue weighted by Crippen LogP contribution is 2.38.